The van der Waals surface area contributed by atoms with E-state index in [1.807, 2.05) is 25.3 Å². The third-order valence-corrected chi connectivity index (χ3v) is 7.65. The molecular weight excluding hydrogens is 450 g/mol. The highest BCUT2D eigenvalue weighted by atomic mass is 19.3. The molecule has 3 aliphatic rings. The highest BCUT2D eigenvalue weighted by Gasteiger charge is 2.63. The lowest BCUT2D eigenvalue weighted by Crippen LogP contribution is -2.70. The van der Waals surface area contributed by atoms with E-state index >= 15 is 8.78 Å². The van der Waals surface area contributed by atoms with Crippen molar-refractivity contribution in [1.29, 1.82) is 0 Å². The molecule has 1 aromatic heterocycles. The smallest absolute Gasteiger partial charge is 0.410 e. The lowest BCUT2D eigenvalue weighted by molar-refractivity contribution is -0.227. The Kier molecular flexibility index (Phi) is 5.78. The number of carbonyl (C=O) groups is 1. The van der Waals surface area contributed by atoms with Gasteiger partial charge in [0.1, 0.15) is 5.60 Å². The maximum atomic E-state index is 15.2. The number of ether oxygens (including phenoxy) is 1. The van der Waals surface area contributed by atoms with Gasteiger partial charge in [-0.1, -0.05) is 18.2 Å². The van der Waals surface area contributed by atoms with Crippen LogP contribution in [0.2, 0.25) is 0 Å². The van der Waals surface area contributed by atoms with E-state index in [-0.39, 0.29) is 12.5 Å². The average Bonchev–Trinajstić information content (AvgIpc) is 3.25. The van der Waals surface area contributed by atoms with Crippen LogP contribution in [0.5, 0.6) is 0 Å². The molecule has 0 aliphatic carbocycles. The Morgan fingerprint density at radius 1 is 1.17 bits per heavy atom. The van der Waals surface area contributed by atoms with Crippen molar-refractivity contribution in [1.82, 2.24) is 14.8 Å². The summed E-state index contributed by atoms with van der Waals surface area (Å²) in [6, 6.07) is 10.3. The summed E-state index contributed by atoms with van der Waals surface area (Å²) in [6.45, 7) is 8.53. The van der Waals surface area contributed by atoms with Gasteiger partial charge in [-0.3, -0.25) is 9.88 Å². The Hall–Kier alpha value is -2.74. The first-order valence-corrected chi connectivity index (χ1v) is 12.4. The van der Waals surface area contributed by atoms with Gasteiger partial charge in [-0.15, -0.1) is 0 Å². The number of alkyl halides is 2. The summed E-state index contributed by atoms with van der Waals surface area (Å²) in [6.07, 6.45) is 2.46. The molecule has 1 atom stereocenters. The molecule has 35 heavy (non-hydrogen) atoms. The molecule has 4 heterocycles. The fourth-order valence-electron chi connectivity index (χ4n) is 5.50. The molecule has 1 amide bonds. The van der Waals surface area contributed by atoms with E-state index in [2.05, 4.69) is 28.4 Å². The van der Waals surface area contributed by atoms with Crippen molar-refractivity contribution in [3.63, 3.8) is 0 Å². The molecule has 5 rings (SSSR count). The first-order chi connectivity index (χ1) is 16.5. The zero-order valence-corrected chi connectivity index (χ0v) is 20.9. The fourth-order valence-corrected chi connectivity index (χ4v) is 5.50. The summed E-state index contributed by atoms with van der Waals surface area (Å²) in [5.74, 6) is -2.96. The lowest BCUT2D eigenvalue weighted by atomic mass is 9.68. The number of hydrogen-bond donors (Lipinski definition) is 1. The number of nitrogens with one attached hydrogen (secondary N) is 1. The lowest BCUT2D eigenvalue weighted by Gasteiger charge is -2.58. The Morgan fingerprint density at radius 3 is 2.60 bits per heavy atom. The molecule has 2 aromatic rings. The van der Waals surface area contributed by atoms with Gasteiger partial charge in [0.25, 0.3) is 5.92 Å². The molecule has 3 aliphatic heterocycles. The van der Waals surface area contributed by atoms with Crippen LogP contribution < -0.4 is 5.32 Å². The summed E-state index contributed by atoms with van der Waals surface area (Å²) in [7, 11) is 0. The molecule has 188 valence electrons. The molecule has 0 bridgehead atoms. The van der Waals surface area contributed by atoms with Crippen LogP contribution in [0.25, 0.3) is 11.3 Å². The second kappa shape index (κ2) is 8.43. The number of pyridine rings is 1. The van der Waals surface area contributed by atoms with Gasteiger partial charge in [0.05, 0.1) is 17.7 Å². The van der Waals surface area contributed by atoms with Crippen LogP contribution >= 0.6 is 0 Å². The van der Waals surface area contributed by atoms with E-state index in [9.17, 15) is 4.79 Å². The quantitative estimate of drug-likeness (QED) is 0.636. The second-order valence-electron chi connectivity index (χ2n) is 11.2. The first kappa shape index (κ1) is 24.0. The third-order valence-electron chi connectivity index (χ3n) is 7.65. The monoisotopic (exact) mass is 484 g/mol. The van der Waals surface area contributed by atoms with E-state index < -0.39 is 29.6 Å². The van der Waals surface area contributed by atoms with Crippen molar-refractivity contribution >= 4 is 11.8 Å². The number of rotatable bonds is 3. The van der Waals surface area contributed by atoms with Crippen LogP contribution in [-0.2, 0) is 11.2 Å². The number of likely N-dealkylation sites (tertiary alicyclic amines) is 2. The van der Waals surface area contributed by atoms with Gasteiger partial charge in [0.15, 0.2) is 0 Å². The summed E-state index contributed by atoms with van der Waals surface area (Å²) >= 11 is 0. The van der Waals surface area contributed by atoms with E-state index in [1.54, 1.807) is 20.8 Å². The zero-order chi connectivity index (χ0) is 25.0. The number of carbonyl (C=O) groups excluding carboxylic acids is 1. The fraction of sp³-hybridized carbons (Fsp3) is 0.556. The van der Waals surface area contributed by atoms with Crippen molar-refractivity contribution < 1.29 is 18.3 Å². The van der Waals surface area contributed by atoms with Gasteiger partial charge >= 0.3 is 6.09 Å². The van der Waals surface area contributed by atoms with Crippen LogP contribution in [0.1, 0.15) is 51.3 Å². The summed E-state index contributed by atoms with van der Waals surface area (Å²) in [5.41, 5.74) is 3.77. The van der Waals surface area contributed by atoms with Crippen molar-refractivity contribution in [3.05, 3.63) is 47.7 Å². The van der Waals surface area contributed by atoms with Crippen molar-refractivity contribution in [3.8, 4) is 11.3 Å². The van der Waals surface area contributed by atoms with Crippen molar-refractivity contribution in [2.75, 3.05) is 38.0 Å². The Balaban J connectivity index is 1.23. The predicted octanol–water partition coefficient (Wildman–Crippen LogP) is 5.36. The van der Waals surface area contributed by atoms with Crippen molar-refractivity contribution in [2.24, 2.45) is 5.41 Å². The number of nitrogens with zero attached hydrogens (tertiary/aromatic N) is 3. The third kappa shape index (κ3) is 4.37. The average molecular weight is 485 g/mol. The molecular formula is C27H34F2N4O2. The largest absolute Gasteiger partial charge is 0.444 e. The number of anilines is 1. The molecule has 0 saturated carbocycles. The van der Waals surface area contributed by atoms with Gasteiger partial charge in [-0.05, 0) is 63.8 Å². The van der Waals surface area contributed by atoms with Gasteiger partial charge in [0.2, 0.25) is 0 Å². The van der Waals surface area contributed by atoms with Crippen LogP contribution in [0.4, 0.5) is 19.3 Å². The topological polar surface area (TPSA) is 57.7 Å². The minimum Gasteiger partial charge on any atom is -0.444 e. The maximum Gasteiger partial charge on any atom is 0.410 e. The molecule has 1 aromatic carbocycles. The van der Waals surface area contributed by atoms with Crippen molar-refractivity contribution in [2.45, 2.75) is 58.1 Å². The maximum absolute atomic E-state index is 15.2. The summed E-state index contributed by atoms with van der Waals surface area (Å²) < 4.78 is 35.8. The molecule has 0 unspecified atom stereocenters. The standard InChI is InChI=1S/C27H34F2N4O2/c1-18(19-8-9-23(31-14-19)20-6-5-7-22-21(20)10-12-30-22)33-15-26(16-33)11-13-32(17-27(26,28)29)24(34)35-25(2,3)4/h5-9,14,18,30H,10-13,15-17H2,1-4H3/t18-/m0/s1. The van der Waals surface area contributed by atoms with E-state index in [0.29, 0.717) is 19.6 Å². The van der Waals surface area contributed by atoms with Gasteiger partial charge in [0, 0.05) is 49.7 Å². The highest BCUT2D eigenvalue weighted by molar-refractivity contribution is 5.73. The highest BCUT2D eigenvalue weighted by Crippen LogP contribution is 2.52. The van der Waals surface area contributed by atoms with Gasteiger partial charge < -0.3 is 15.0 Å². The predicted molar refractivity (Wildman–Crippen MR) is 132 cm³/mol. The van der Waals surface area contributed by atoms with E-state index in [0.717, 1.165) is 34.7 Å². The van der Waals surface area contributed by atoms with E-state index in [1.165, 1.54) is 11.3 Å². The Morgan fingerprint density at radius 2 is 1.94 bits per heavy atom. The SMILES string of the molecule is C[C@@H](c1ccc(-c2cccc3c2CCN3)nc1)N1CC2(CCN(C(=O)OC(C)(C)C)CC2(F)F)C1. The number of piperidine rings is 1. The molecule has 6 nitrogen and oxygen atoms in total. The molecule has 1 spiro atoms. The van der Waals surface area contributed by atoms with Crippen LogP contribution in [0.15, 0.2) is 36.5 Å². The summed E-state index contributed by atoms with van der Waals surface area (Å²) in [4.78, 5) is 20.3. The van der Waals surface area contributed by atoms with Crippen LogP contribution in [0, 0.1) is 5.41 Å². The number of amides is 1. The number of fused-ring (bicyclic) bond motifs is 1. The molecule has 2 fully saturated rings. The molecule has 2 saturated heterocycles. The first-order valence-electron chi connectivity index (χ1n) is 12.4. The Labute approximate surface area is 205 Å². The normalized spacial score (nSPS) is 21.7. The number of halogens is 2. The number of benzene rings is 1. The van der Waals surface area contributed by atoms with Crippen LogP contribution in [0.3, 0.4) is 0 Å². The van der Waals surface area contributed by atoms with Crippen LogP contribution in [-0.4, -0.2) is 65.1 Å². The molecule has 0 radical (unpaired) electrons. The second-order valence-corrected chi connectivity index (χ2v) is 11.2. The minimum atomic E-state index is -2.96. The number of hydrogen-bond acceptors (Lipinski definition) is 5. The summed E-state index contributed by atoms with van der Waals surface area (Å²) in [5, 5.41) is 3.40. The van der Waals surface area contributed by atoms with Gasteiger partial charge in [-0.25, -0.2) is 13.6 Å². The number of aromatic nitrogens is 1. The Bertz CT molecular complexity index is 1110. The zero-order valence-electron chi connectivity index (χ0n) is 20.9. The molecule has 8 heteroatoms. The minimum absolute atomic E-state index is 0.00924. The van der Waals surface area contributed by atoms with Gasteiger partial charge in [-0.2, -0.15) is 0 Å². The molecule has 1 N–H and O–H groups in total. The van der Waals surface area contributed by atoms with E-state index in [4.69, 9.17) is 9.72 Å².